The molecule has 0 heterocycles. The normalized spacial score (nSPS) is 10.2. The lowest BCUT2D eigenvalue weighted by Crippen LogP contribution is -2.30. The van der Waals surface area contributed by atoms with Gasteiger partial charge < -0.3 is 15.4 Å². The van der Waals surface area contributed by atoms with Gasteiger partial charge in [0.05, 0.1) is 13.2 Å². The highest BCUT2D eigenvalue weighted by Crippen LogP contribution is 2.09. The highest BCUT2D eigenvalue weighted by Gasteiger charge is 2.01. The molecule has 1 rings (SSSR count). The van der Waals surface area contributed by atoms with Gasteiger partial charge in [0.1, 0.15) is 0 Å². The van der Waals surface area contributed by atoms with Crippen LogP contribution in [-0.2, 0) is 16.0 Å². The molecule has 0 saturated heterocycles. The van der Waals surface area contributed by atoms with Gasteiger partial charge in [-0.25, -0.2) is 0 Å². The van der Waals surface area contributed by atoms with Crippen molar-refractivity contribution in [3.8, 4) is 0 Å². The summed E-state index contributed by atoms with van der Waals surface area (Å²) < 4.78 is 4.87. The molecule has 0 aromatic heterocycles. The highest BCUT2D eigenvalue weighted by molar-refractivity contribution is 5.92. The summed E-state index contributed by atoms with van der Waals surface area (Å²) in [5.41, 5.74) is 2.10. The van der Waals surface area contributed by atoms with Crippen molar-refractivity contribution in [2.45, 2.75) is 13.3 Å². The molecule has 1 aromatic carbocycles. The maximum atomic E-state index is 11.5. The molecule has 1 aromatic rings. The van der Waals surface area contributed by atoms with E-state index in [1.165, 1.54) is 5.56 Å². The SMILES string of the molecule is CCc1ccc(NC(=O)CNCCOC)cc1. The van der Waals surface area contributed by atoms with Crippen LogP contribution in [0.15, 0.2) is 24.3 Å². The molecular formula is C13H20N2O2. The number of nitrogens with one attached hydrogen (secondary N) is 2. The van der Waals surface area contributed by atoms with Gasteiger partial charge in [0.2, 0.25) is 5.91 Å². The fourth-order valence-electron chi connectivity index (χ4n) is 1.41. The van der Waals surface area contributed by atoms with E-state index in [1.54, 1.807) is 7.11 Å². The van der Waals surface area contributed by atoms with E-state index in [2.05, 4.69) is 17.6 Å². The van der Waals surface area contributed by atoms with Crippen LogP contribution < -0.4 is 10.6 Å². The van der Waals surface area contributed by atoms with Crippen LogP contribution in [0.5, 0.6) is 0 Å². The molecule has 4 nitrogen and oxygen atoms in total. The van der Waals surface area contributed by atoms with Crippen molar-refractivity contribution >= 4 is 11.6 Å². The number of amides is 1. The van der Waals surface area contributed by atoms with Crippen molar-refractivity contribution in [3.63, 3.8) is 0 Å². The number of methoxy groups -OCH3 is 1. The Morgan fingerprint density at radius 1 is 1.29 bits per heavy atom. The van der Waals surface area contributed by atoms with Gasteiger partial charge in [0.15, 0.2) is 0 Å². The number of carbonyl (C=O) groups is 1. The zero-order valence-corrected chi connectivity index (χ0v) is 10.5. The van der Waals surface area contributed by atoms with Crippen LogP contribution in [0.2, 0.25) is 0 Å². The first-order valence-corrected chi connectivity index (χ1v) is 5.84. The van der Waals surface area contributed by atoms with Crippen LogP contribution in [0.1, 0.15) is 12.5 Å². The molecule has 94 valence electrons. The maximum absolute atomic E-state index is 11.5. The van der Waals surface area contributed by atoms with Gasteiger partial charge in [-0.1, -0.05) is 19.1 Å². The quantitative estimate of drug-likeness (QED) is 0.704. The maximum Gasteiger partial charge on any atom is 0.238 e. The van der Waals surface area contributed by atoms with Crippen molar-refractivity contribution in [2.75, 3.05) is 32.1 Å². The van der Waals surface area contributed by atoms with Crippen molar-refractivity contribution in [2.24, 2.45) is 0 Å². The summed E-state index contributed by atoms with van der Waals surface area (Å²) in [6, 6.07) is 7.89. The predicted molar refractivity (Wildman–Crippen MR) is 69.2 cm³/mol. The Bertz CT molecular complexity index is 336. The van der Waals surface area contributed by atoms with Crippen molar-refractivity contribution in [1.82, 2.24) is 5.32 Å². The molecule has 0 aliphatic heterocycles. The van der Waals surface area contributed by atoms with Gasteiger partial charge in [-0.3, -0.25) is 4.79 Å². The van der Waals surface area contributed by atoms with E-state index in [1.807, 2.05) is 24.3 Å². The molecule has 0 radical (unpaired) electrons. The van der Waals surface area contributed by atoms with Crippen LogP contribution in [0.25, 0.3) is 0 Å². The molecule has 0 spiro atoms. The van der Waals surface area contributed by atoms with Gasteiger partial charge in [-0.15, -0.1) is 0 Å². The summed E-state index contributed by atoms with van der Waals surface area (Å²) >= 11 is 0. The highest BCUT2D eigenvalue weighted by atomic mass is 16.5. The van der Waals surface area contributed by atoms with Crippen molar-refractivity contribution in [1.29, 1.82) is 0 Å². The Morgan fingerprint density at radius 3 is 2.59 bits per heavy atom. The summed E-state index contributed by atoms with van der Waals surface area (Å²) in [5.74, 6) is -0.0367. The van der Waals surface area contributed by atoms with Crippen LogP contribution in [0.3, 0.4) is 0 Å². The van der Waals surface area contributed by atoms with Gasteiger partial charge in [0.25, 0.3) is 0 Å². The fraction of sp³-hybridized carbons (Fsp3) is 0.462. The van der Waals surface area contributed by atoms with Gasteiger partial charge >= 0.3 is 0 Å². The van der Waals surface area contributed by atoms with Gasteiger partial charge in [-0.05, 0) is 24.1 Å². The second-order valence-electron chi connectivity index (χ2n) is 3.77. The summed E-state index contributed by atoms with van der Waals surface area (Å²) in [6.45, 7) is 3.70. The lowest BCUT2D eigenvalue weighted by Gasteiger charge is -2.07. The molecule has 0 bridgehead atoms. The Labute approximate surface area is 102 Å². The molecule has 0 atom stereocenters. The average molecular weight is 236 g/mol. The average Bonchev–Trinajstić information content (AvgIpc) is 2.36. The first-order valence-electron chi connectivity index (χ1n) is 5.84. The first kappa shape index (κ1) is 13.7. The Balaban J connectivity index is 2.29. The standard InChI is InChI=1S/C13H20N2O2/c1-3-11-4-6-12(7-5-11)15-13(16)10-14-8-9-17-2/h4-7,14H,3,8-10H2,1-2H3,(H,15,16). The monoisotopic (exact) mass is 236 g/mol. The summed E-state index contributed by atoms with van der Waals surface area (Å²) in [5, 5.41) is 5.82. The molecule has 2 N–H and O–H groups in total. The Morgan fingerprint density at radius 2 is 2.00 bits per heavy atom. The molecule has 4 heteroatoms. The molecule has 0 saturated carbocycles. The molecular weight excluding hydrogens is 216 g/mol. The van der Waals surface area contributed by atoms with Crippen LogP contribution in [-0.4, -0.2) is 32.7 Å². The number of ether oxygens (including phenoxy) is 1. The third-order valence-corrected chi connectivity index (χ3v) is 2.41. The minimum atomic E-state index is -0.0367. The van der Waals surface area contributed by atoms with Crippen LogP contribution >= 0.6 is 0 Å². The van der Waals surface area contributed by atoms with Gasteiger partial charge in [0, 0.05) is 19.3 Å². The van der Waals surface area contributed by atoms with E-state index in [0.29, 0.717) is 19.7 Å². The lowest BCUT2D eigenvalue weighted by atomic mass is 10.1. The number of carbonyl (C=O) groups excluding carboxylic acids is 1. The molecule has 0 aliphatic carbocycles. The van der Waals surface area contributed by atoms with Crippen molar-refractivity contribution < 1.29 is 9.53 Å². The molecule has 0 unspecified atom stereocenters. The lowest BCUT2D eigenvalue weighted by molar-refractivity contribution is -0.115. The van der Waals surface area contributed by atoms with Gasteiger partial charge in [-0.2, -0.15) is 0 Å². The number of rotatable bonds is 7. The predicted octanol–water partition coefficient (Wildman–Crippen LogP) is 1.42. The zero-order chi connectivity index (χ0) is 12.5. The first-order chi connectivity index (χ1) is 8.26. The number of hydrogen-bond donors (Lipinski definition) is 2. The van der Waals surface area contributed by atoms with E-state index in [9.17, 15) is 4.79 Å². The minimum absolute atomic E-state index is 0.0367. The topological polar surface area (TPSA) is 50.4 Å². The van der Waals surface area contributed by atoms with E-state index in [-0.39, 0.29) is 5.91 Å². The second-order valence-corrected chi connectivity index (χ2v) is 3.77. The minimum Gasteiger partial charge on any atom is -0.383 e. The number of anilines is 1. The molecule has 1 amide bonds. The Hall–Kier alpha value is -1.39. The fourth-order valence-corrected chi connectivity index (χ4v) is 1.41. The van der Waals surface area contributed by atoms with E-state index in [0.717, 1.165) is 12.1 Å². The van der Waals surface area contributed by atoms with E-state index < -0.39 is 0 Å². The van der Waals surface area contributed by atoms with Crippen molar-refractivity contribution in [3.05, 3.63) is 29.8 Å². The molecule has 0 aliphatic rings. The summed E-state index contributed by atoms with van der Waals surface area (Å²) in [4.78, 5) is 11.5. The smallest absolute Gasteiger partial charge is 0.238 e. The summed E-state index contributed by atoms with van der Waals surface area (Å²) in [7, 11) is 1.64. The third kappa shape index (κ3) is 5.47. The number of benzene rings is 1. The van der Waals surface area contributed by atoms with E-state index >= 15 is 0 Å². The third-order valence-electron chi connectivity index (χ3n) is 2.41. The second kappa shape index (κ2) is 7.81. The molecule has 17 heavy (non-hydrogen) atoms. The Kier molecular flexibility index (Phi) is 6.29. The van der Waals surface area contributed by atoms with Crippen LogP contribution in [0, 0.1) is 0 Å². The van der Waals surface area contributed by atoms with E-state index in [4.69, 9.17) is 4.74 Å². The molecule has 0 fully saturated rings. The largest absolute Gasteiger partial charge is 0.383 e. The summed E-state index contributed by atoms with van der Waals surface area (Å²) in [6.07, 6.45) is 1.01. The number of aryl methyl sites for hydroxylation is 1. The van der Waals surface area contributed by atoms with Crippen LogP contribution in [0.4, 0.5) is 5.69 Å². The number of hydrogen-bond acceptors (Lipinski definition) is 3. The zero-order valence-electron chi connectivity index (χ0n) is 10.5.